The molecular formula is C20H30Cl3N3O2. The van der Waals surface area contributed by atoms with Gasteiger partial charge < -0.3 is 15.8 Å². The molecule has 1 aromatic carbocycles. The second-order valence-electron chi connectivity index (χ2n) is 7.90. The normalized spacial score (nSPS) is 30.2. The standard InChI is InChI=1S/C20H28ClN3O2.2ClH/c21-16-3-1-2-13(11-16)17(24-6-8-26-9-7-24)12-23-20(25)18-14-4-5-15(10-14)19(18)22;;/h1-3,11,14-15,17-19H,4-10,12,22H2,(H,23,25);2*1H. The molecule has 5 nitrogen and oxygen atoms in total. The van der Waals surface area contributed by atoms with Crippen LogP contribution in [0.3, 0.4) is 0 Å². The van der Waals surface area contributed by atoms with Crippen LogP contribution in [0, 0.1) is 17.8 Å². The zero-order valence-corrected chi connectivity index (χ0v) is 18.3. The van der Waals surface area contributed by atoms with Gasteiger partial charge in [0.25, 0.3) is 0 Å². The van der Waals surface area contributed by atoms with E-state index in [1.807, 2.05) is 18.2 Å². The molecule has 3 N–H and O–H groups in total. The summed E-state index contributed by atoms with van der Waals surface area (Å²) in [5, 5.41) is 3.93. The molecule has 5 atom stereocenters. The number of carbonyl (C=O) groups excluding carboxylic acids is 1. The number of hydrogen-bond donors (Lipinski definition) is 2. The van der Waals surface area contributed by atoms with E-state index in [0.29, 0.717) is 18.4 Å². The third kappa shape index (κ3) is 4.94. The van der Waals surface area contributed by atoms with Crippen molar-refractivity contribution in [2.24, 2.45) is 23.5 Å². The molecule has 0 radical (unpaired) electrons. The first kappa shape index (κ1) is 23.7. The van der Waals surface area contributed by atoms with Crippen molar-refractivity contribution in [3.05, 3.63) is 34.9 Å². The highest BCUT2D eigenvalue weighted by Crippen LogP contribution is 2.47. The Hall–Kier alpha value is -0.560. The molecule has 0 spiro atoms. The number of amides is 1. The summed E-state index contributed by atoms with van der Waals surface area (Å²) < 4.78 is 5.49. The molecule has 2 saturated carbocycles. The van der Waals surface area contributed by atoms with Gasteiger partial charge in [0.15, 0.2) is 0 Å². The van der Waals surface area contributed by atoms with Crippen LogP contribution < -0.4 is 11.1 Å². The summed E-state index contributed by atoms with van der Waals surface area (Å²) in [7, 11) is 0. The Morgan fingerprint density at radius 1 is 1.25 bits per heavy atom. The SMILES string of the molecule is Cl.Cl.NC1C2CCC(C2)C1C(=O)NCC(c1cccc(Cl)c1)N1CCOCC1. The van der Waals surface area contributed by atoms with Crippen LogP contribution >= 0.6 is 36.4 Å². The first-order valence-corrected chi connectivity index (χ1v) is 10.1. The number of hydrogen-bond acceptors (Lipinski definition) is 4. The molecule has 8 heteroatoms. The molecule has 0 aromatic heterocycles. The Balaban J connectivity index is 0.00000140. The quantitative estimate of drug-likeness (QED) is 0.723. The minimum Gasteiger partial charge on any atom is -0.379 e. The fraction of sp³-hybridized carbons (Fsp3) is 0.650. The van der Waals surface area contributed by atoms with Crippen molar-refractivity contribution in [2.75, 3.05) is 32.8 Å². The molecule has 158 valence electrons. The van der Waals surface area contributed by atoms with Crippen LogP contribution in [0.4, 0.5) is 0 Å². The van der Waals surface area contributed by atoms with E-state index < -0.39 is 0 Å². The Kier molecular flexibility index (Phi) is 8.86. The lowest BCUT2D eigenvalue weighted by Crippen LogP contribution is -2.48. The number of fused-ring (bicyclic) bond motifs is 2. The highest BCUT2D eigenvalue weighted by Gasteiger charge is 2.49. The number of rotatable bonds is 5. The van der Waals surface area contributed by atoms with Gasteiger partial charge in [0, 0.05) is 30.7 Å². The third-order valence-electron chi connectivity index (χ3n) is 6.47. The van der Waals surface area contributed by atoms with Crippen molar-refractivity contribution < 1.29 is 9.53 Å². The zero-order chi connectivity index (χ0) is 18.1. The zero-order valence-electron chi connectivity index (χ0n) is 15.9. The van der Waals surface area contributed by atoms with Gasteiger partial charge >= 0.3 is 0 Å². The Morgan fingerprint density at radius 2 is 1.96 bits per heavy atom. The van der Waals surface area contributed by atoms with Crippen molar-refractivity contribution in [2.45, 2.75) is 31.3 Å². The molecule has 1 heterocycles. The Morgan fingerprint density at radius 3 is 2.61 bits per heavy atom. The van der Waals surface area contributed by atoms with E-state index >= 15 is 0 Å². The monoisotopic (exact) mass is 449 g/mol. The fourth-order valence-electron chi connectivity index (χ4n) is 5.10. The average Bonchev–Trinajstić information content (AvgIpc) is 3.24. The third-order valence-corrected chi connectivity index (χ3v) is 6.71. The summed E-state index contributed by atoms with van der Waals surface area (Å²) in [6.45, 7) is 3.76. The number of morpholine rings is 1. The van der Waals surface area contributed by atoms with Gasteiger partial charge in [-0.1, -0.05) is 23.7 Å². The summed E-state index contributed by atoms with van der Waals surface area (Å²) in [6, 6.07) is 8.07. The average molecular weight is 451 g/mol. The minimum absolute atomic E-state index is 0. The molecular weight excluding hydrogens is 421 g/mol. The molecule has 3 aliphatic rings. The van der Waals surface area contributed by atoms with Crippen LogP contribution in [0.1, 0.15) is 30.9 Å². The molecule has 28 heavy (non-hydrogen) atoms. The van der Waals surface area contributed by atoms with Gasteiger partial charge in [-0.3, -0.25) is 9.69 Å². The molecule has 3 fully saturated rings. The van der Waals surface area contributed by atoms with Gasteiger partial charge in [-0.15, -0.1) is 24.8 Å². The lowest BCUT2D eigenvalue weighted by atomic mass is 9.84. The van der Waals surface area contributed by atoms with E-state index in [-0.39, 0.29) is 48.7 Å². The first-order chi connectivity index (χ1) is 12.6. The lowest BCUT2D eigenvalue weighted by molar-refractivity contribution is -0.127. The fourth-order valence-corrected chi connectivity index (χ4v) is 5.30. The first-order valence-electron chi connectivity index (χ1n) is 9.74. The van der Waals surface area contributed by atoms with Gasteiger partial charge in [-0.25, -0.2) is 0 Å². The number of halogens is 3. The van der Waals surface area contributed by atoms with E-state index in [4.69, 9.17) is 22.1 Å². The van der Waals surface area contributed by atoms with Crippen molar-refractivity contribution in [1.29, 1.82) is 0 Å². The molecule has 5 unspecified atom stereocenters. The number of nitrogens with two attached hydrogens (primary N) is 1. The van der Waals surface area contributed by atoms with Crippen molar-refractivity contribution >= 4 is 42.3 Å². The highest BCUT2D eigenvalue weighted by molar-refractivity contribution is 6.30. The van der Waals surface area contributed by atoms with E-state index in [1.165, 1.54) is 6.42 Å². The van der Waals surface area contributed by atoms with Crippen molar-refractivity contribution in [3.63, 3.8) is 0 Å². The smallest absolute Gasteiger partial charge is 0.225 e. The lowest BCUT2D eigenvalue weighted by Gasteiger charge is -2.35. The summed E-state index contributed by atoms with van der Waals surface area (Å²) >= 11 is 6.21. The maximum atomic E-state index is 12.9. The highest BCUT2D eigenvalue weighted by atomic mass is 35.5. The second kappa shape index (κ2) is 10.5. The Bertz CT molecular complexity index is 655. The predicted octanol–water partition coefficient (Wildman–Crippen LogP) is 3.05. The minimum atomic E-state index is -0.0153. The van der Waals surface area contributed by atoms with Crippen LogP contribution in [0.2, 0.25) is 5.02 Å². The number of carbonyl (C=O) groups is 1. The summed E-state index contributed by atoms with van der Waals surface area (Å²) in [6.07, 6.45) is 3.46. The van der Waals surface area contributed by atoms with Gasteiger partial charge in [-0.2, -0.15) is 0 Å². The van der Waals surface area contributed by atoms with Crippen LogP contribution in [-0.2, 0) is 9.53 Å². The van der Waals surface area contributed by atoms with E-state index in [9.17, 15) is 4.79 Å². The van der Waals surface area contributed by atoms with Crippen molar-refractivity contribution in [3.8, 4) is 0 Å². The molecule has 1 saturated heterocycles. The number of nitrogens with one attached hydrogen (secondary N) is 1. The molecule has 2 bridgehead atoms. The number of nitrogens with zero attached hydrogens (tertiary/aromatic N) is 1. The molecule has 1 aliphatic heterocycles. The summed E-state index contributed by atoms with van der Waals surface area (Å²) in [5.41, 5.74) is 7.48. The van der Waals surface area contributed by atoms with Gasteiger partial charge in [0.1, 0.15) is 0 Å². The second-order valence-corrected chi connectivity index (χ2v) is 8.34. The van der Waals surface area contributed by atoms with Gasteiger partial charge in [0.2, 0.25) is 5.91 Å². The molecule has 4 rings (SSSR count). The largest absolute Gasteiger partial charge is 0.379 e. The van der Waals surface area contributed by atoms with E-state index in [1.54, 1.807) is 0 Å². The number of benzene rings is 1. The maximum absolute atomic E-state index is 12.9. The topological polar surface area (TPSA) is 67.6 Å². The Labute approximate surface area is 184 Å². The maximum Gasteiger partial charge on any atom is 0.225 e. The predicted molar refractivity (Wildman–Crippen MR) is 116 cm³/mol. The number of ether oxygens (including phenoxy) is 1. The van der Waals surface area contributed by atoms with Crippen LogP contribution in [0.25, 0.3) is 0 Å². The summed E-state index contributed by atoms with van der Waals surface area (Å²) in [5.74, 6) is 1.13. The van der Waals surface area contributed by atoms with Gasteiger partial charge in [0.05, 0.1) is 25.2 Å². The van der Waals surface area contributed by atoms with Crippen LogP contribution in [0.5, 0.6) is 0 Å². The van der Waals surface area contributed by atoms with Crippen LogP contribution in [0.15, 0.2) is 24.3 Å². The van der Waals surface area contributed by atoms with Crippen LogP contribution in [-0.4, -0.2) is 49.7 Å². The van der Waals surface area contributed by atoms with Gasteiger partial charge in [-0.05, 0) is 48.8 Å². The van der Waals surface area contributed by atoms with E-state index in [2.05, 4.69) is 16.3 Å². The molecule has 2 aliphatic carbocycles. The van der Waals surface area contributed by atoms with E-state index in [0.717, 1.165) is 49.7 Å². The van der Waals surface area contributed by atoms with Crippen molar-refractivity contribution in [1.82, 2.24) is 10.2 Å². The summed E-state index contributed by atoms with van der Waals surface area (Å²) in [4.78, 5) is 15.2. The molecule has 1 amide bonds. The molecule has 1 aromatic rings.